The second kappa shape index (κ2) is 7.95. The first kappa shape index (κ1) is 15.7. The largest absolute Gasteiger partial charge is 0.325 e. The number of urea groups is 1. The van der Waals surface area contributed by atoms with Gasteiger partial charge in [0.15, 0.2) is 0 Å². The maximum absolute atomic E-state index is 11.9. The summed E-state index contributed by atoms with van der Waals surface area (Å²) in [5.74, 6) is -0.285. The number of benzene rings is 1. The molecule has 1 heterocycles. The summed E-state index contributed by atoms with van der Waals surface area (Å²) in [6, 6.07) is 7.16. The number of carbonyl (C=O) groups excluding carboxylic acids is 2. The van der Waals surface area contributed by atoms with Crippen LogP contribution >= 0.6 is 15.9 Å². The van der Waals surface area contributed by atoms with Crippen molar-refractivity contribution in [2.75, 3.05) is 13.1 Å². The van der Waals surface area contributed by atoms with Crippen molar-refractivity contribution in [3.8, 4) is 0 Å². The number of hydrogen-bond donors (Lipinski definition) is 3. The van der Waals surface area contributed by atoms with Crippen molar-refractivity contribution >= 4 is 33.9 Å². The molecule has 1 saturated heterocycles. The van der Waals surface area contributed by atoms with E-state index in [2.05, 4.69) is 31.9 Å². The smallest absolute Gasteiger partial charge is 0.317 e. The second-order valence-corrected chi connectivity index (χ2v) is 5.70. The molecule has 1 aromatic carbocycles. The number of halogens is 1. The first-order chi connectivity index (χ1) is 10.2. The third-order valence-corrected chi connectivity index (χ3v) is 4.05. The van der Waals surface area contributed by atoms with Gasteiger partial charge < -0.3 is 10.6 Å². The Morgan fingerprint density at radius 2 is 1.95 bits per heavy atom. The van der Waals surface area contributed by atoms with E-state index in [-0.39, 0.29) is 11.8 Å². The van der Waals surface area contributed by atoms with Crippen molar-refractivity contribution in [2.45, 2.75) is 12.8 Å². The number of rotatable bonds is 3. The van der Waals surface area contributed by atoms with E-state index in [9.17, 15) is 9.59 Å². The van der Waals surface area contributed by atoms with Crippen molar-refractivity contribution in [1.82, 2.24) is 16.0 Å². The Morgan fingerprint density at radius 3 is 2.67 bits per heavy atom. The molecule has 1 aliphatic rings. The van der Waals surface area contributed by atoms with Crippen LogP contribution in [0.25, 0.3) is 6.08 Å². The molecule has 0 unspecified atom stereocenters. The van der Waals surface area contributed by atoms with Gasteiger partial charge in [-0.3, -0.25) is 10.1 Å². The van der Waals surface area contributed by atoms with Gasteiger partial charge in [-0.05, 0) is 43.6 Å². The Bertz CT molecular complexity index is 539. The van der Waals surface area contributed by atoms with Gasteiger partial charge in [-0.1, -0.05) is 34.1 Å². The van der Waals surface area contributed by atoms with E-state index in [0.717, 1.165) is 36.0 Å². The van der Waals surface area contributed by atoms with Gasteiger partial charge >= 0.3 is 6.03 Å². The lowest BCUT2D eigenvalue weighted by Gasteiger charge is -2.21. The summed E-state index contributed by atoms with van der Waals surface area (Å²) in [5, 5.41) is 8.10. The van der Waals surface area contributed by atoms with Crippen molar-refractivity contribution in [3.05, 3.63) is 40.5 Å². The van der Waals surface area contributed by atoms with Crippen LogP contribution in [-0.4, -0.2) is 25.0 Å². The molecule has 0 aliphatic carbocycles. The van der Waals surface area contributed by atoms with Crippen LogP contribution in [0.4, 0.5) is 4.79 Å². The molecule has 0 bridgehead atoms. The van der Waals surface area contributed by atoms with Gasteiger partial charge in [0.1, 0.15) is 0 Å². The summed E-state index contributed by atoms with van der Waals surface area (Å²) in [4.78, 5) is 23.5. The van der Waals surface area contributed by atoms with Gasteiger partial charge in [0.05, 0.1) is 0 Å². The molecule has 0 aromatic heterocycles. The third-order valence-electron chi connectivity index (χ3n) is 3.33. The van der Waals surface area contributed by atoms with Crippen LogP contribution in [0.15, 0.2) is 34.9 Å². The predicted octanol–water partition coefficient (Wildman–Crippen LogP) is 2.25. The van der Waals surface area contributed by atoms with Crippen molar-refractivity contribution in [2.24, 2.45) is 5.92 Å². The van der Waals surface area contributed by atoms with E-state index in [4.69, 9.17) is 0 Å². The van der Waals surface area contributed by atoms with E-state index in [1.165, 1.54) is 6.20 Å². The molecule has 21 heavy (non-hydrogen) atoms. The number of imide groups is 1. The predicted molar refractivity (Wildman–Crippen MR) is 85.4 cm³/mol. The monoisotopic (exact) mass is 351 g/mol. The molecule has 3 amide bonds. The van der Waals surface area contributed by atoms with Gasteiger partial charge in [0, 0.05) is 16.6 Å². The molecule has 5 nitrogen and oxygen atoms in total. The van der Waals surface area contributed by atoms with Gasteiger partial charge in [0.25, 0.3) is 0 Å². The Morgan fingerprint density at radius 1 is 1.24 bits per heavy atom. The third kappa shape index (κ3) is 4.99. The van der Waals surface area contributed by atoms with Crippen LogP contribution < -0.4 is 16.0 Å². The van der Waals surface area contributed by atoms with E-state index in [0.29, 0.717) is 0 Å². The Hall–Kier alpha value is -1.66. The van der Waals surface area contributed by atoms with Crippen molar-refractivity contribution in [1.29, 1.82) is 0 Å². The van der Waals surface area contributed by atoms with E-state index < -0.39 is 6.03 Å². The summed E-state index contributed by atoms with van der Waals surface area (Å²) < 4.78 is 0.939. The first-order valence-electron chi connectivity index (χ1n) is 6.90. The summed E-state index contributed by atoms with van der Waals surface area (Å²) in [7, 11) is 0. The maximum Gasteiger partial charge on any atom is 0.325 e. The number of nitrogens with one attached hydrogen (secondary N) is 3. The van der Waals surface area contributed by atoms with Crippen LogP contribution in [0.2, 0.25) is 0 Å². The van der Waals surface area contributed by atoms with Crippen LogP contribution in [-0.2, 0) is 4.79 Å². The summed E-state index contributed by atoms with van der Waals surface area (Å²) in [6.45, 7) is 1.64. The highest BCUT2D eigenvalue weighted by atomic mass is 79.9. The summed E-state index contributed by atoms with van der Waals surface area (Å²) >= 11 is 3.42. The fraction of sp³-hybridized carbons (Fsp3) is 0.333. The maximum atomic E-state index is 11.9. The highest BCUT2D eigenvalue weighted by Gasteiger charge is 2.21. The lowest BCUT2D eigenvalue weighted by Crippen LogP contribution is -2.43. The summed E-state index contributed by atoms with van der Waals surface area (Å²) in [5.41, 5.74) is 0.947. The molecular formula is C15H18BrN3O2. The van der Waals surface area contributed by atoms with Gasteiger partial charge in [-0.2, -0.15) is 0 Å². The highest BCUT2D eigenvalue weighted by molar-refractivity contribution is 9.10. The van der Waals surface area contributed by atoms with E-state index in [1.807, 2.05) is 24.3 Å². The fourth-order valence-corrected chi connectivity index (χ4v) is 2.57. The molecule has 0 saturated carbocycles. The quantitative estimate of drug-likeness (QED) is 0.782. The van der Waals surface area contributed by atoms with Crippen LogP contribution in [0.3, 0.4) is 0 Å². The van der Waals surface area contributed by atoms with Crippen molar-refractivity contribution in [3.63, 3.8) is 0 Å². The zero-order chi connectivity index (χ0) is 15.1. The zero-order valence-corrected chi connectivity index (χ0v) is 13.2. The molecule has 1 aromatic rings. The average molecular weight is 352 g/mol. The topological polar surface area (TPSA) is 70.2 Å². The Kier molecular flexibility index (Phi) is 5.95. The molecule has 2 rings (SSSR count). The molecule has 112 valence electrons. The van der Waals surface area contributed by atoms with E-state index >= 15 is 0 Å². The number of amides is 3. The summed E-state index contributed by atoms with van der Waals surface area (Å²) in [6.07, 6.45) is 4.82. The minimum atomic E-state index is -0.498. The fourth-order valence-electron chi connectivity index (χ4n) is 2.15. The van der Waals surface area contributed by atoms with Crippen molar-refractivity contribution < 1.29 is 9.59 Å². The molecule has 1 aliphatic heterocycles. The molecular weight excluding hydrogens is 334 g/mol. The highest BCUT2D eigenvalue weighted by Crippen LogP contribution is 2.16. The molecule has 3 N–H and O–H groups in total. The van der Waals surface area contributed by atoms with Crippen LogP contribution in [0.5, 0.6) is 0 Å². The second-order valence-electron chi connectivity index (χ2n) is 4.84. The number of hydrogen-bond acceptors (Lipinski definition) is 3. The van der Waals surface area contributed by atoms with Gasteiger partial charge in [-0.25, -0.2) is 4.79 Å². The van der Waals surface area contributed by atoms with Crippen LogP contribution in [0.1, 0.15) is 18.4 Å². The minimum absolute atomic E-state index is 0.0794. The lowest BCUT2D eigenvalue weighted by atomic mass is 9.97. The van der Waals surface area contributed by atoms with Gasteiger partial charge in [0.2, 0.25) is 5.91 Å². The Balaban J connectivity index is 1.79. The molecule has 0 atom stereocenters. The molecule has 1 fully saturated rings. The first-order valence-corrected chi connectivity index (χ1v) is 7.69. The SMILES string of the molecule is O=C(N/C=C/c1ccccc1Br)NC(=O)C1CCNCC1. The van der Waals surface area contributed by atoms with Gasteiger partial charge in [-0.15, -0.1) is 0 Å². The zero-order valence-electron chi connectivity index (χ0n) is 11.6. The number of carbonyl (C=O) groups is 2. The number of piperidine rings is 1. The Labute approximate surface area is 132 Å². The van der Waals surface area contributed by atoms with Crippen LogP contribution in [0, 0.1) is 5.92 Å². The van der Waals surface area contributed by atoms with E-state index in [1.54, 1.807) is 6.08 Å². The normalized spacial score (nSPS) is 15.9. The molecule has 6 heteroatoms. The molecule has 0 spiro atoms. The molecule has 0 radical (unpaired) electrons. The minimum Gasteiger partial charge on any atom is -0.317 e. The standard InChI is InChI=1S/C15H18BrN3O2/c16-13-4-2-1-3-11(13)7-10-18-15(21)19-14(20)12-5-8-17-9-6-12/h1-4,7,10,12,17H,5-6,8-9H2,(H2,18,19,20,21)/b10-7+. The average Bonchev–Trinajstić information content (AvgIpc) is 2.50. The lowest BCUT2D eigenvalue weighted by molar-refractivity contribution is -0.124.